The summed E-state index contributed by atoms with van der Waals surface area (Å²) in [5, 5.41) is 0. The Bertz CT molecular complexity index is 586. The van der Waals surface area contributed by atoms with Crippen LogP contribution in [0.5, 0.6) is 0 Å². The number of piperazine rings is 1. The maximum absolute atomic E-state index is 14.2. The van der Waals surface area contributed by atoms with E-state index in [9.17, 15) is 9.18 Å². The first-order valence-electron chi connectivity index (χ1n) is 7.90. The fraction of sp³-hybridized carbons (Fsp3) is 0.588. The summed E-state index contributed by atoms with van der Waals surface area (Å²) in [4.78, 5) is 16.0. The molecule has 1 aromatic carbocycles. The van der Waals surface area contributed by atoms with E-state index >= 15 is 0 Å². The van der Waals surface area contributed by atoms with Crippen LogP contribution in [-0.2, 0) is 4.74 Å². The van der Waals surface area contributed by atoms with Gasteiger partial charge in [-0.1, -0.05) is 0 Å². The third-order valence-corrected chi connectivity index (χ3v) is 3.90. The Morgan fingerprint density at radius 1 is 1.26 bits per heavy atom. The van der Waals surface area contributed by atoms with E-state index in [2.05, 4.69) is 0 Å². The van der Waals surface area contributed by atoms with Gasteiger partial charge in [0, 0.05) is 30.9 Å². The number of nitrogens with zero attached hydrogens (tertiary/aromatic N) is 2. The first kappa shape index (κ1) is 17.4. The van der Waals surface area contributed by atoms with Crippen LogP contribution in [0.3, 0.4) is 0 Å². The number of benzene rings is 1. The fourth-order valence-electron chi connectivity index (χ4n) is 2.79. The Hall–Kier alpha value is -1.98. The molecule has 128 valence electrons. The highest BCUT2D eigenvalue weighted by Gasteiger charge is 2.35. The summed E-state index contributed by atoms with van der Waals surface area (Å²) in [5.74, 6) is -0.338. The van der Waals surface area contributed by atoms with E-state index in [0.29, 0.717) is 24.5 Å². The molecule has 0 unspecified atom stereocenters. The maximum atomic E-state index is 14.2. The van der Waals surface area contributed by atoms with Crippen molar-refractivity contribution in [3.63, 3.8) is 0 Å². The minimum absolute atomic E-state index is 0.0168. The predicted octanol–water partition coefficient (Wildman–Crippen LogP) is 3.24. The third kappa shape index (κ3) is 4.06. The predicted molar refractivity (Wildman–Crippen MR) is 90.0 cm³/mol. The molecule has 2 N–H and O–H groups in total. The molecule has 1 heterocycles. The van der Waals surface area contributed by atoms with Gasteiger partial charge in [0.15, 0.2) is 0 Å². The summed E-state index contributed by atoms with van der Waals surface area (Å²) in [7, 11) is 0. The second-order valence-electron chi connectivity index (χ2n) is 7.19. The summed E-state index contributed by atoms with van der Waals surface area (Å²) >= 11 is 0. The van der Waals surface area contributed by atoms with Crippen molar-refractivity contribution in [2.75, 3.05) is 23.7 Å². The molecule has 1 aromatic rings. The van der Waals surface area contributed by atoms with Crippen molar-refractivity contribution in [2.45, 2.75) is 52.3 Å². The van der Waals surface area contributed by atoms with Crippen LogP contribution in [0.4, 0.5) is 20.6 Å². The largest absolute Gasteiger partial charge is 0.444 e. The van der Waals surface area contributed by atoms with Crippen LogP contribution in [0.15, 0.2) is 18.2 Å². The number of amides is 1. The van der Waals surface area contributed by atoms with Gasteiger partial charge in [-0.2, -0.15) is 0 Å². The molecule has 0 bridgehead atoms. The SMILES string of the molecule is C[C@@H]1CN(C(=O)OC(C)(C)C)[C@@H](C)CN1c1ccc(N)cc1F. The number of anilines is 2. The number of halogens is 1. The van der Waals surface area contributed by atoms with Crippen LogP contribution in [0.2, 0.25) is 0 Å². The lowest BCUT2D eigenvalue weighted by Gasteiger charge is -2.45. The molecule has 1 amide bonds. The van der Waals surface area contributed by atoms with Gasteiger partial charge in [0.25, 0.3) is 0 Å². The highest BCUT2D eigenvalue weighted by Crippen LogP contribution is 2.28. The Kier molecular flexibility index (Phi) is 4.73. The summed E-state index contributed by atoms with van der Waals surface area (Å²) in [6, 6.07) is 4.62. The molecule has 1 fully saturated rings. The average Bonchev–Trinajstić information content (AvgIpc) is 2.39. The lowest BCUT2D eigenvalue weighted by molar-refractivity contribution is 0.0130. The Labute approximate surface area is 137 Å². The monoisotopic (exact) mass is 323 g/mol. The second kappa shape index (κ2) is 6.26. The van der Waals surface area contributed by atoms with E-state index in [1.165, 1.54) is 6.07 Å². The molecular weight excluding hydrogens is 297 g/mol. The Morgan fingerprint density at radius 2 is 1.91 bits per heavy atom. The molecule has 1 aliphatic rings. The van der Waals surface area contributed by atoms with E-state index in [-0.39, 0.29) is 24.0 Å². The molecule has 1 aliphatic heterocycles. The van der Waals surface area contributed by atoms with E-state index < -0.39 is 5.60 Å². The number of nitrogens with two attached hydrogens (primary N) is 1. The lowest BCUT2D eigenvalue weighted by Crippen LogP contribution is -2.59. The molecular formula is C17H26FN3O2. The van der Waals surface area contributed by atoms with E-state index in [4.69, 9.17) is 10.5 Å². The van der Waals surface area contributed by atoms with Crippen LogP contribution in [-0.4, -0.2) is 41.8 Å². The minimum atomic E-state index is -0.528. The number of ether oxygens (including phenoxy) is 1. The van der Waals surface area contributed by atoms with Crippen molar-refractivity contribution in [1.29, 1.82) is 0 Å². The van der Waals surface area contributed by atoms with Crippen LogP contribution in [0, 0.1) is 5.82 Å². The van der Waals surface area contributed by atoms with Gasteiger partial charge in [0.1, 0.15) is 11.4 Å². The molecule has 0 spiro atoms. The number of nitrogen functional groups attached to an aromatic ring is 1. The second-order valence-corrected chi connectivity index (χ2v) is 7.19. The maximum Gasteiger partial charge on any atom is 0.410 e. The number of hydrogen-bond donors (Lipinski definition) is 1. The molecule has 0 saturated carbocycles. The summed E-state index contributed by atoms with van der Waals surface area (Å²) in [5.41, 5.74) is 6.00. The summed E-state index contributed by atoms with van der Waals surface area (Å²) in [6.45, 7) is 10.5. The quantitative estimate of drug-likeness (QED) is 0.806. The van der Waals surface area contributed by atoms with E-state index in [1.807, 2.05) is 39.5 Å². The normalized spacial score (nSPS) is 22.2. The van der Waals surface area contributed by atoms with Crippen LogP contribution in [0.1, 0.15) is 34.6 Å². The molecule has 23 heavy (non-hydrogen) atoms. The number of hydrogen-bond acceptors (Lipinski definition) is 4. The summed E-state index contributed by atoms with van der Waals surface area (Å²) < 4.78 is 19.6. The zero-order valence-electron chi connectivity index (χ0n) is 14.5. The number of carbonyl (C=O) groups is 1. The first-order valence-corrected chi connectivity index (χ1v) is 7.90. The van der Waals surface area contributed by atoms with Crippen molar-refractivity contribution in [3.8, 4) is 0 Å². The standard InChI is InChI=1S/C17H26FN3O2/c1-11-10-21(16(22)23-17(3,4)5)12(2)9-20(11)15-7-6-13(19)8-14(15)18/h6-8,11-12H,9-10,19H2,1-5H3/t11-,12+/m1/s1. The Morgan fingerprint density at radius 3 is 2.48 bits per heavy atom. The van der Waals surface area contributed by atoms with Gasteiger partial charge in [-0.25, -0.2) is 9.18 Å². The van der Waals surface area contributed by atoms with Gasteiger partial charge in [-0.15, -0.1) is 0 Å². The lowest BCUT2D eigenvalue weighted by atomic mass is 10.1. The number of carbonyl (C=O) groups excluding carboxylic acids is 1. The minimum Gasteiger partial charge on any atom is -0.444 e. The average molecular weight is 323 g/mol. The zero-order chi connectivity index (χ0) is 17.4. The fourth-order valence-corrected chi connectivity index (χ4v) is 2.79. The van der Waals surface area contributed by atoms with Crippen molar-refractivity contribution in [1.82, 2.24) is 4.90 Å². The molecule has 0 aromatic heterocycles. The van der Waals surface area contributed by atoms with Gasteiger partial charge >= 0.3 is 6.09 Å². The van der Waals surface area contributed by atoms with Gasteiger partial charge < -0.3 is 20.3 Å². The van der Waals surface area contributed by atoms with E-state index in [1.54, 1.807) is 17.0 Å². The molecule has 1 saturated heterocycles. The van der Waals surface area contributed by atoms with Crippen molar-refractivity contribution in [2.24, 2.45) is 0 Å². The van der Waals surface area contributed by atoms with Crippen LogP contribution < -0.4 is 10.6 Å². The number of rotatable bonds is 1. The third-order valence-electron chi connectivity index (χ3n) is 3.90. The molecule has 2 atom stereocenters. The molecule has 0 radical (unpaired) electrons. The molecule has 6 heteroatoms. The molecule has 0 aliphatic carbocycles. The highest BCUT2D eigenvalue weighted by molar-refractivity contribution is 5.69. The molecule has 5 nitrogen and oxygen atoms in total. The van der Waals surface area contributed by atoms with Gasteiger partial charge in [-0.3, -0.25) is 0 Å². The topological polar surface area (TPSA) is 58.8 Å². The van der Waals surface area contributed by atoms with Crippen molar-refractivity contribution < 1.29 is 13.9 Å². The van der Waals surface area contributed by atoms with Gasteiger partial charge in [0.2, 0.25) is 0 Å². The summed E-state index contributed by atoms with van der Waals surface area (Å²) in [6.07, 6.45) is -0.325. The highest BCUT2D eigenvalue weighted by atomic mass is 19.1. The smallest absolute Gasteiger partial charge is 0.410 e. The first-order chi connectivity index (χ1) is 10.6. The van der Waals surface area contributed by atoms with E-state index in [0.717, 1.165) is 0 Å². The Balaban J connectivity index is 2.14. The van der Waals surface area contributed by atoms with Crippen LogP contribution in [0.25, 0.3) is 0 Å². The van der Waals surface area contributed by atoms with Gasteiger partial charge in [-0.05, 0) is 52.8 Å². The van der Waals surface area contributed by atoms with Crippen molar-refractivity contribution in [3.05, 3.63) is 24.0 Å². The zero-order valence-corrected chi connectivity index (χ0v) is 14.5. The van der Waals surface area contributed by atoms with Crippen molar-refractivity contribution >= 4 is 17.5 Å². The molecule has 2 rings (SSSR count). The van der Waals surface area contributed by atoms with Crippen LogP contribution >= 0.6 is 0 Å². The van der Waals surface area contributed by atoms with Gasteiger partial charge in [0.05, 0.1) is 5.69 Å².